The minimum atomic E-state index is 0.0810. The molecule has 9 heteroatoms. The van der Waals surface area contributed by atoms with Crippen molar-refractivity contribution in [3.8, 4) is 0 Å². The Morgan fingerprint density at radius 3 is 2.67 bits per heavy atom. The molecule has 0 saturated carbocycles. The number of piperazine rings is 2. The second kappa shape index (κ2) is 7.91. The lowest BCUT2D eigenvalue weighted by Crippen LogP contribution is -2.52. The second-order valence-electron chi connectivity index (χ2n) is 5.89. The summed E-state index contributed by atoms with van der Waals surface area (Å²) in [6.07, 6.45) is 3.51. The number of aromatic nitrogens is 2. The number of guanidine groups is 1. The summed E-state index contributed by atoms with van der Waals surface area (Å²) < 4.78 is 0. The van der Waals surface area contributed by atoms with Gasteiger partial charge in [0.1, 0.15) is 0 Å². The number of carbonyl (C=O) groups is 1. The van der Waals surface area contributed by atoms with Gasteiger partial charge in [0.25, 0.3) is 0 Å². The third-order valence-electron chi connectivity index (χ3n) is 4.25. The van der Waals surface area contributed by atoms with Gasteiger partial charge in [0.05, 0.1) is 13.1 Å². The van der Waals surface area contributed by atoms with Gasteiger partial charge in [-0.3, -0.25) is 14.7 Å². The molecular formula is C15H24N8O. The van der Waals surface area contributed by atoms with Crippen LogP contribution in [0, 0.1) is 0 Å². The van der Waals surface area contributed by atoms with E-state index in [2.05, 4.69) is 35.0 Å². The molecule has 0 atom stereocenters. The van der Waals surface area contributed by atoms with Crippen LogP contribution >= 0.6 is 0 Å². The zero-order valence-electron chi connectivity index (χ0n) is 13.8. The Balaban J connectivity index is 1.43. The molecule has 1 aromatic heterocycles. The number of anilines is 1. The van der Waals surface area contributed by atoms with Gasteiger partial charge in [0.15, 0.2) is 5.96 Å². The second-order valence-corrected chi connectivity index (χ2v) is 5.89. The highest BCUT2D eigenvalue weighted by Gasteiger charge is 2.20. The SMILES string of the molecule is NC(=NCCN1CCNC(=O)C1)N1CCN(c2ncccn2)CC1. The van der Waals surface area contributed by atoms with Gasteiger partial charge >= 0.3 is 0 Å². The van der Waals surface area contributed by atoms with Crippen LogP contribution in [0.4, 0.5) is 5.95 Å². The Morgan fingerprint density at radius 2 is 1.96 bits per heavy atom. The molecule has 0 aliphatic carbocycles. The van der Waals surface area contributed by atoms with Gasteiger partial charge in [0, 0.05) is 58.2 Å². The molecule has 0 unspecified atom stereocenters. The van der Waals surface area contributed by atoms with Gasteiger partial charge in [0.2, 0.25) is 11.9 Å². The van der Waals surface area contributed by atoms with Crippen LogP contribution in [0.1, 0.15) is 0 Å². The lowest BCUT2D eigenvalue weighted by molar-refractivity contribution is -0.124. The Kier molecular flexibility index (Phi) is 5.42. The largest absolute Gasteiger partial charge is 0.370 e. The van der Waals surface area contributed by atoms with Crippen LogP contribution in [0.3, 0.4) is 0 Å². The van der Waals surface area contributed by atoms with Crippen molar-refractivity contribution in [3.63, 3.8) is 0 Å². The Bertz CT molecular complexity index is 570. The zero-order chi connectivity index (χ0) is 16.8. The summed E-state index contributed by atoms with van der Waals surface area (Å²) in [5.74, 6) is 1.42. The number of hydrogen-bond donors (Lipinski definition) is 2. The maximum atomic E-state index is 11.3. The van der Waals surface area contributed by atoms with E-state index in [1.54, 1.807) is 12.4 Å². The standard InChI is InChI=1S/C15H24N8O/c16-14(18-5-7-21-6-4-17-13(24)12-21)22-8-10-23(11-9-22)15-19-2-1-3-20-15/h1-3H,4-12H2,(H2,16,18)(H,17,24). The van der Waals surface area contributed by atoms with Crippen LogP contribution < -0.4 is 16.0 Å². The van der Waals surface area contributed by atoms with E-state index in [1.165, 1.54) is 0 Å². The molecule has 0 radical (unpaired) electrons. The van der Waals surface area contributed by atoms with E-state index in [0.29, 0.717) is 25.6 Å². The molecule has 2 fully saturated rings. The summed E-state index contributed by atoms with van der Waals surface area (Å²) in [6.45, 7) is 6.66. The first-order valence-electron chi connectivity index (χ1n) is 8.28. The molecule has 3 heterocycles. The van der Waals surface area contributed by atoms with Crippen LogP contribution in [0.2, 0.25) is 0 Å². The number of hydrogen-bond acceptors (Lipinski definition) is 6. The van der Waals surface area contributed by atoms with E-state index in [0.717, 1.165) is 45.2 Å². The monoisotopic (exact) mass is 332 g/mol. The molecule has 3 rings (SSSR count). The molecular weight excluding hydrogens is 308 g/mol. The number of aliphatic imine (C=N–C) groups is 1. The van der Waals surface area contributed by atoms with Crippen LogP contribution in [0.15, 0.2) is 23.5 Å². The number of nitrogens with zero attached hydrogens (tertiary/aromatic N) is 6. The van der Waals surface area contributed by atoms with E-state index in [4.69, 9.17) is 5.73 Å². The van der Waals surface area contributed by atoms with Crippen LogP contribution in [-0.2, 0) is 4.79 Å². The maximum absolute atomic E-state index is 11.3. The predicted octanol–water partition coefficient (Wildman–Crippen LogP) is -1.65. The smallest absolute Gasteiger partial charge is 0.234 e. The van der Waals surface area contributed by atoms with Crippen LogP contribution in [0.25, 0.3) is 0 Å². The average Bonchev–Trinajstić information content (AvgIpc) is 2.63. The molecule has 1 aromatic rings. The highest BCUT2D eigenvalue weighted by atomic mass is 16.2. The van der Waals surface area contributed by atoms with Crippen molar-refractivity contribution in [2.75, 3.05) is 63.8 Å². The molecule has 9 nitrogen and oxygen atoms in total. The summed E-state index contributed by atoms with van der Waals surface area (Å²) in [6, 6.07) is 1.82. The number of amides is 1. The molecule has 2 aliphatic heterocycles. The first-order valence-corrected chi connectivity index (χ1v) is 8.28. The maximum Gasteiger partial charge on any atom is 0.234 e. The van der Waals surface area contributed by atoms with Crippen molar-refractivity contribution in [2.45, 2.75) is 0 Å². The highest BCUT2D eigenvalue weighted by molar-refractivity contribution is 5.79. The van der Waals surface area contributed by atoms with Gasteiger partial charge in [-0.1, -0.05) is 0 Å². The molecule has 0 spiro atoms. The number of nitrogens with two attached hydrogens (primary N) is 1. The summed E-state index contributed by atoms with van der Waals surface area (Å²) >= 11 is 0. The molecule has 3 N–H and O–H groups in total. The van der Waals surface area contributed by atoms with Gasteiger partial charge in [-0.05, 0) is 6.07 Å². The Morgan fingerprint density at radius 1 is 1.21 bits per heavy atom. The van der Waals surface area contributed by atoms with Crippen molar-refractivity contribution in [1.82, 2.24) is 25.1 Å². The number of nitrogens with one attached hydrogen (secondary N) is 1. The molecule has 24 heavy (non-hydrogen) atoms. The van der Waals surface area contributed by atoms with E-state index >= 15 is 0 Å². The summed E-state index contributed by atoms with van der Waals surface area (Å²) in [4.78, 5) is 30.7. The van der Waals surface area contributed by atoms with E-state index in [9.17, 15) is 4.79 Å². The third-order valence-corrected chi connectivity index (χ3v) is 4.25. The van der Waals surface area contributed by atoms with Crippen molar-refractivity contribution in [3.05, 3.63) is 18.5 Å². The fourth-order valence-electron chi connectivity index (χ4n) is 2.88. The third kappa shape index (κ3) is 4.31. The first kappa shape index (κ1) is 16.4. The summed E-state index contributed by atoms with van der Waals surface area (Å²) in [5.41, 5.74) is 6.10. The molecule has 2 aliphatic rings. The molecule has 1 amide bonds. The fraction of sp³-hybridized carbons (Fsp3) is 0.600. The minimum Gasteiger partial charge on any atom is -0.370 e. The minimum absolute atomic E-state index is 0.0810. The van der Waals surface area contributed by atoms with E-state index in [1.807, 2.05) is 6.07 Å². The topological polar surface area (TPSA) is 103 Å². The van der Waals surface area contributed by atoms with Crippen molar-refractivity contribution in [1.29, 1.82) is 0 Å². The molecule has 130 valence electrons. The van der Waals surface area contributed by atoms with Crippen molar-refractivity contribution >= 4 is 17.8 Å². The molecule has 0 aromatic carbocycles. The lowest BCUT2D eigenvalue weighted by atomic mass is 10.3. The molecule has 2 saturated heterocycles. The number of carbonyl (C=O) groups excluding carboxylic acids is 1. The van der Waals surface area contributed by atoms with Crippen molar-refractivity contribution < 1.29 is 4.79 Å². The van der Waals surface area contributed by atoms with Gasteiger partial charge < -0.3 is 20.9 Å². The van der Waals surface area contributed by atoms with Gasteiger partial charge in [-0.15, -0.1) is 0 Å². The Hall–Kier alpha value is -2.42. The predicted molar refractivity (Wildman–Crippen MR) is 91.8 cm³/mol. The molecule has 0 bridgehead atoms. The first-order chi connectivity index (χ1) is 11.7. The van der Waals surface area contributed by atoms with Crippen molar-refractivity contribution in [2.24, 2.45) is 10.7 Å². The number of rotatable bonds is 4. The van der Waals surface area contributed by atoms with Gasteiger partial charge in [-0.25, -0.2) is 9.97 Å². The highest BCUT2D eigenvalue weighted by Crippen LogP contribution is 2.09. The zero-order valence-corrected chi connectivity index (χ0v) is 13.8. The summed E-state index contributed by atoms with van der Waals surface area (Å²) in [7, 11) is 0. The summed E-state index contributed by atoms with van der Waals surface area (Å²) in [5, 5.41) is 2.82. The van der Waals surface area contributed by atoms with Crippen LogP contribution in [-0.4, -0.2) is 90.5 Å². The van der Waals surface area contributed by atoms with E-state index in [-0.39, 0.29) is 5.91 Å². The van der Waals surface area contributed by atoms with E-state index < -0.39 is 0 Å². The quantitative estimate of drug-likeness (QED) is 0.503. The lowest BCUT2D eigenvalue weighted by Gasteiger charge is -2.35. The van der Waals surface area contributed by atoms with Gasteiger partial charge in [-0.2, -0.15) is 0 Å². The van der Waals surface area contributed by atoms with Crippen LogP contribution in [0.5, 0.6) is 0 Å². The average molecular weight is 332 g/mol. The fourth-order valence-corrected chi connectivity index (χ4v) is 2.88. The Labute approximate surface area is 141 Å². The normalized spacial score (nSPS) is 20.2.